The number of amides is 1. The van der Waals surface area contributed by atoms with E-state index in [1.54, 1.807) is 34.6 Å². The van der Waals surface area contributed by atoms with E-state index in [9.17, 15) is 14.2 Å². The summed E-state index contributed by atoms with van der Waals surface area (Å²) in [5.41, 5.74) is -2.63. The maximum atomic E-state index is 11.6. The summed E-state index contributed by atoms with van der Waals surface area (Å²) in [4.78, 5) is 22.9. The summed E-state index contributed by atoms with van der Waals surface area (Å²) in [6.07, 6.45) is -0.906. The normalized spacial score (nSPS) is 13.6. The molecule has 0 rings (SSSR count). The topological polar surface area (TPSA) is 120 Å². The van der Waals surface area contributed by atoms with E-state index < -0.39 is 44.5 Å². The smallest absolute Gasteiger partial charge is 0.480 e. The number of hydrogen-bond acceptors (Lipinski definition) is 7. The lowest BCUT2D eigenvalue weighted by atomic mass is 10.2. The van der Waals surface area contributed by atoms with E-state index in [1.165, 1.54) is 0 Å². The van der Waals surface area contributed by atoms with Gasteiger partial charge in [0.05, 0.1) is 19.8 Å². The molecule has 0 radical (unpaired) electrons. The standard InChI is InChI=1S/C13H24NO8P/c1-6-19-13(23-18,20-7-2)21-8-9(10(15)16)14-11(17)22-12(3,4)5/h9H,6-8H2,1-5H3,(H,14,17)(H,15,16)/p+1. The Hall–Kier alpha value is -1.28. The van der Waals surface area contributed by atoms with Crippen molar-refractivity contribution in [1.82, 2.24) is 5.32 Å². The Morgan fingerprint density at radius 2 is 1.65 bits per heavy atom. The van der Waals surface area contributed by atoms with Gasteiger partial charge in [-0.3, -0.25) is 14.2 Å². The minimum absolute atomic E-state index is 0.145. The average molecular weight is 354 g/mol. The molecule has 134 valence electrons. The molecule has 0 spiro atoms. The molecule has 2 atom stereocenters. The summed E-state index contributed by atoms with van der Waals surface area (Å²) >= 11 is 0. The number of hydrogen-bond donors (Lipinski definition) is 2. The molecule has 0 aromatic rings. The molecule has 23 heavy (non-hydrogen) atoms. The fourth-order valence-electron chi connectivity index (χ4n) is 1.41. The first-order valence-electron chi connectivity index (χ1n) is 7.12. The number of alkyl carbamates (subject to hydrolysis) is 1. The zero-order valence-corrected chi connectivity index (χ0v) is 15.0. The molecule has 1 amide bonds. The predicted molar refractivity (Wildman–Crippen MR) is 81.7 cm³/mol. The average Bonchev–Trinajstić information content (AvgIpc) is 2.41. The van der Waals surface area contributed by atoms with Crippen molar-refractivity contribution in [3.63, 3.8) is 0 Å². The van der Waals surface area contributed by atoms with Crippen LogP contribution in [0, 0.1) is 0 Å². The van der Waals surface area contributed by atoms with Crippen LogP contribution in [0.25, 0.3) is 0 Å². The molecule has 2 N–H and O–H groups in total. The summed E-state index contributed by atoms with van der Waals surface area (Å²) in [5, 5.41) is 11.3. The predicted octanol–water partition coefficient (Wildman–Crippen LogP) is 1.69. The maximum absolute atomic E-state index is 11.6. The minimum Gasteiger partial charge on any atom is -0.480 e. The second-order valence-electron chi connectivity index (χ2n) is 5.37. The molecule has 0 saturated heterocycles. The zero-order chi connectivity index (χ0) is 18.1. The lowest BCUT2D eigenvalue weighted by molar-refractivity contribution is -0.319. The van der Waals surface area contributed by atoms with Crippen molar-refractivity contribution < 1.29 is 38.2 Å². The van der Waals surface area contributed by atoms with Crippen LogP contribution in [0.15, 0.2) is 0 Å². The van der Waals surface area contributed by atoms with Crippen molar-refractivity contribution in [3.05, 3.63) is 0 Å². The van der Waals surface area contributed by atoms with Gasteiger partial charge < -0.3 is 15.2 Å². The number of ether oxygens (including phenoxy) is 4. The Bertz CT molecular complexity index is 403. The van der Waals surface area contributed by atoms with E-state index in [2.05, 4.69) is 5.32 Å². The van der Waals surface area contributed by atoms with E-state index in [0.29, 0.717) is 0 Å². The number of rotatable bonds is 10. The van der Waals surface area contributed by atoms with Crippen LogP contribution in [0.1, 0.15) is 34.6 Å². The van der Waals surface area contributed by atoms with Crippen LogP contribution in [-0.4, -0.2) is 54.3 Å². The Morgan fingerprint density at radius 1 is 1.13 bits per heavy atom. The van der Waals surface area contributed by atoms with Crippen molar-refractivity contribution in [2.24, 2.45) is 0 Å². The molecule has 0 aliphatic carbocycles. The van der Waals surface area contributed by atoms with Crippen molar-refractivity contribution in [2.75, 3.05) is 19.8 Å². The lowest BCUT2D eigenvalue weighted by Crippen LogP contribution is -2.48. The summed E-state index contributed by atoms with van der Waals surface area (Å²) in [6.45, 7) is 8.00. The fourth-order valence-corrected chi connectivity index (χ4v) is 1.96. The van der Waals surface area contributed by atoms with Gasteiger partial charge in [0.1, 0.15) is 5.60 Å². The van der Waals surface area contributed by atoms with Crippen LogP contribution in [0.3, 0.4) is 0 Å². The molecule has 9 nitrogen and oxygen atoms in total. The molecule has 0 saturated carbocycles. The SMILES string of the molecule is CCOC(OCC)(OCC(NC(=O)OC(C)(C)C)C(=O)O)[PH+]=O. The van der Waals surface area contributed by atoms with Crippen LogP contribution >= 0.6 is 8.46 Å². The van der Waals surface area contributed by atoms with Crippen LogP contribution in [0.5, 0.6) is 0 Å². The molecule has 0 heterocycles. The van der Waals surface area contributed by atoms with Crippen molar-refractivity contribution >= 4 is 20.5 Å². The zero-order valence-electron chi connectivity index (χ0n) is 14.0. The van der Waals surface area contributed by atoms with Crippen LogP contribution in [0.2, 0.25) is 0 Å². The number of carboxylic acids is 1. The molecule has 0 aliphatic heterocycles. The van der Waals surface area contributed by atoms with Gasteiger partial charge in [0.25, 0.3) is 0 Å². The number of carboxylic acid groups (broad SMARTS) is 1. The van der Waals surface area contributed by atoms with Gasteiger partial charge >= 0.3 is 26.2 Å². The third-order valence-corrected chi connectivity index (χ3v) is 2.91. The van der Waals surface area contributed by atoms with Crippen molar-refractivity contribution in [1.29, 1.82) is 0 Å². The third-order valence-electron chi connectivity index (χ3n) is 2.22. The largest absolute Gasteiger partial charge is 0.496 e. The summed E-state index contributed by atoms with van der Waals surface area (Å²) in [6, 6.07) is -1.42. The Morgan fingerprint density at radius 3 is 2.00 bits per heavy atom. The van der Waals surface area contributed by atoms with E-state index in [4.69, 9.17) is 24.1 Å². The maximum Gasteiger partial charge on any atom is 0.496 e. The first-order valence-corrected chi connectivity index (χ1v) is 8.03. The monoisotopic (exact) mass is 354 g/mol. The van der Waals surface area contributed by atoms with Crippen LogP contribution in [0.4, 0.5) is 4.79 Å². The van der Waals surface area contributed by atoms with Gasteiger partial charge in [-0.1, -0.05) is 4.57 Å². The summed E-state index contributed by atoms with van der Waals surface area (Å²) in [7, 11) is -1.14. The molecule has 10 heteroatoms. The molecule has 0 bridgehead atoms. The second-order valence-corrected chi connectivity index (χ2v) is 6.19. The number of aliphatic carboxylic acids is 1. The summed E-state index contributed by atoms with van der Waals surface area (Å²) in [5.74, 6) is -1.34. The summed E-state index contributed by atoms with van der Waals surface area (Å²) < 4.78 is 31.8. The Kier molecular flexibility index (Phi) is 9.23. The third kappa shape index (κ3) is 8.80. The molecule has 0 fully saturated rings. The van der Waals surface area contributed by atoms with Crippen LogP contribution in [-0.2, 0) is 28.3 Å². The highest BCUT2D eigenvalue weighted by atomic mass is 31.1. The molecule has 2 unspecified atom stereocenters. The second kappa shape index (κ2) is 9.77. The number of carbonyl (C=O) groups excluding carboxylic acids is 1. The molecule has 0 aliphatic rings. The quantitative estimate of drug-likeness (QED) is 0.449. The fraction of sp³-hybridized carbons (Fsp3) is 0.846. The number of nitrogens with one attached hydrogen (secondary N) is 1. The van der Waals surface area contributed by atoms with Gasteiger partial charge in [-0.25, -0.2) is 9.59 Å². The van der Waals surface area contributed by atoms with Gasteiger partial charge in [-0.2, -0.15) is 0 Å². The van der Waals surface area contributed by atoms with E-state index in [-0.39, 0.29) is 13.2 Å². The first kappa shape index (κ1) is 21.7. The van der Waals surface area contributed by atoms with Crippen molar-refractivity contribution in [2.45, 2.75) is 52.0 Å². The van der Waals surface area contributed by atoms with Gasteiger partial charge in [0.2, 0.25) is 0 Å². The Labute approximate surface area is 136 Å². The van der Waals surface area contributed by atoms with Crippen molar-refractivity contribution in [3.8, 4) is 0 Å². The minimum atomic E-state index is -1.85. The van der Waals surface area contributed by atoms with Gasteiger partial charge in [0.15, 0.2) is 6.04 Å². The highest BCUT2D eigenvalue weighted by Gasteiger charge is 2.45. The van der Waals surface area contributed by atoms with E-state index in [1.807, 2.05) is 0 Å². The highest BCUT2D eigenvalue weighted by molar-refractivity contribution is 7.25. The molecule has 0 aromatic heterocycles. The lowest BCUT2D eigenvalue weighted by Gasteiger charge is -2.24. The van der Waals surface area contributed by atoms with Gasteiger partial charge in [0, 0.05) is 0 Å². The van der Waals surface area contributed by atoms with Crippen LogP contribution < -0.4 is 5.32 Å². The van der Waals surface area contributed by atoms with Gasteiger partial charge in [-0.15, -0.1) is 0 Å². The van der Waals surface area contributed by atoms with Gasteiger partial charge in [-0.05, 0) is 34.6 Å². The molecular formula is C13H25NO8P+. The highest BCUT2D eigenvalue weighted by Crippen LogP contribution is 2.28. The number of carbonyl (C=O) groups is 2. The van der Waals surface area contributed by atoms with E-state index >= 15 is 0 Å². The Balaban J connectivity index is 4.83. The van der Waals surface area contributed by atoms with E-state index in [0.717, 1.165) is 0 Å². The molecular weight excluding hydrogens is 329 g/mol. The first-order chi connectivity index (χ1) is 10.6. The molecule has 0 aromatic carbocycles.